The van der Waals surface area contributed by atoms with E-state index in [-0.39, 0.29) is 0 Å². The van der Waals surface area contributed by atoms with Crippen molar-refractivity contribution in [2.75, 3.05) is 26.2 Å². The molecule has 0 spiro atoms. The quantitative estimate of drug-likeness (QED) is 0.803. The summed E-state index contributed by atoms with van der Waals surface area (Å²) in [6.45, 7) is 3.86. The first-order chi connectivity index (χ1) is 10.4. The minimum absolute atomic E-state index is 0.704. The number of amidine groups is 1. The van der Waals surface area contributed by atoms with Crippen LogP contribution in [0.25, 0.3) is 0 Å². The van der Waals surface area contributed by atoms with Crippen molar-refractivity contribution >= 4 is 11.5 Å². The highest BCUT2D eigenvalue weighted by molar-refractivity contribution is 6.03. The summed E-state index contributed by atoms with van der Waals surface area (Å²) in [5, 5.41) is 3.37. The number of nitrogens with one attached hydrogen (secondary N) is 1. The highest BCUT2D eigenvalue weighted by atomic mass is 16.5. The Labute approximate surface area is 123 Å². The largest absolute Gasteiger partial charge is 0.453 e. The van der Waals surface area contributed by atoms with Crippen molar-refractivity contribution in [3.8, 4) is 11.5 Å². The molecule has 0 atom stereocenters. The SMILES string of the molecule is c1ccc2c(c1)Oc1cnccc1N=C2N1CCNCC1. The molecule has 2 aliphatic heterocycles. The van der Waals surface area contributed by atoms with Crippen LogP contribution in [0.4, 0.5) is 5.69 Å². The molecule has 1 fully saturated rings. The molecular formula is C16H16N4O. The maximum Gasteiger partial charge on any atom is 0.171 e. The average Bonchev–Trinajstić information content (AvgIpc) is 2.72. The summed E-state index contributed by atoms with van der Waals surface area (Å²) in [6, 6.07) is 9.94. The number of nitrogens with zero attached hydrogens (tertiary/aromatic N) is 3. The third-order valence-corrected chi connectivity index (χ3v) is 3.75. The minimum atomic E-state index is 0.704. The van der Waals surface area contributed by atoms with Crippen LogP contribution in [0.2, 0.25) is 0 Å². The maximum absolute atomic E-state index is 6.00. The van der Waals surface area contributed by atoms with Gasteiger partial charge in [-0.15, -0.1) is 0 Å². The van der Waals surface area contributed by atoms with Gasteiger partial charge in [0.15, 0.2) is 5.75 Å². The predicted molar refractivity (Wildman–Crippen MR) is 81.4 cm³/mol. The molecule has 1 aromatic carbocycles. The van der Waals surface area contributed by atoms with Crippen molar-refractivity contribution < 1.29 is 4.74 Å². The van der Waals surface area contributed by atoms with Gasteiger partial charge >= 0.3 is 0 Å². The zero-order valence-electron chi connectivity index (χ0n) is 11.6. The van der Waals surface area contributed by atoms with E-state index in [1.54, 1.807) is 12.4 Å². The molecule has 2 aromatic rings. The van der Waals surface area contributed by atoms with Crippen molar-refractivity contribution in [2.24, 2.45) is 4.99 Å². The van der Waals surface area contributed by atoms with E-state index in [0.717, 1.165) is 49.0 Å². The Hall–Kier alpha value is -2.40. The second-order valence-corrected chi connectivity index (χ2v) is 5.11. The van der Waals surface area contributed by atoms with E-state index in [0.29, 0.717) is 5.75 Å². The number of rotatable bonds is 0. The van der Waals surface area contributed by atoms with Gasteiger partial charge in [-0.1, -0.05) is 12.1 Å². The monoisotopic (exact) mass is 280 g/mol. The summed E-state index contributed by atoms with van der Waals surface area (Å²) in [5.74, 6) is 2.52. The fourth-order valence-electron chi connectivity index (χ4n) is 2.69. The van der Waals surface area contributed by atoms with Gasteiger partial charge in [0.05, 0.1) is 11.8 Å². The second kappa shape index (κ2) is 5.18. The molecule has 2 aliphatic rings. The van der Waals surface area contributed by atoms with Crippen molar-refractivity contribution in [1.82, 2.24) is 15.2 Å². The average molecular weight is 280 g/mol. The van der Waals surface area contributed by atoms with E-state index >= 15 is 0 Å². The number of pyridine rings is 1. The lowest BCUT2D eigenvalue weighted by molar-refractivity contribution is 0.357. The number of aromatic nitrogens is 1. The van der Waals surface area contributed by atoms with Crippen molar-refractivity contribution in [3.63, 3.8) is 0 Å². The third kappa shape index (κ3) is 2.25. The Morgan fingerprint density at radius 2 is 1.90 bits per heavy atom. The number of hydrogen-bond acceptors (Lipinski definition) is 5. The first-order valence-electron chi connectivity index (χ1n) is 7.17. The van der Waals surface area contributed by atoms with E-state index in [4.69, 9.17) is 9.73 Å². The van der Waals surface area contributed by atoms with Crippen LogP contribution < -0.4 is 10.1 Å². The molecule has 0 amide bonds. The first-order valence-corrected chi connectivity index (χ1v) is 7.17. The Balaban J connectivity index is 1.87. The summed E-state index contributed by atoms with van der Waals surface area (Å²) < 4.78 is 6.00. The number of hydrogen-bond donors (Lipinski definition) is 1. The third-order valence-electron chi connectivity index (χ3n) is 3.75. The summed E-state index contributed by atoms with van der Waals surface area (Å²) in [7, 11) is 0. The van der Waals surface area contributed by atoms with Crippen molar-refractivity contribution in [3.05, 3.63) is 48.3 Å². The van der Waals surface area contributed by atoms with Crippen LogP contribution in [-0.4, -0.2) is 41.9 Å². The van der Waals surface area contributed by atoms with Crippen molar-refractivity contribution in [1.29, 1.82) is 0 Å². The topological polar surface area (TPSA) is 49.8 Å². The Kier molecular flexibility index (Phi) is 3.05. The van der Waals surface area contributed by atoms with Crippen LogP contribution in [0.15, 0.2) is 47.7 Å². The molecule has 1 N–H and O–H groups in total. The first kappa shape index (κ1) is 12.3. The van der Waals surface area contributed by atoms with Crippen molar-refractivity contribution in [2.45, 2.75) is 0 Å². The van der Waals surface area contributed by atoms with Gasteiger partial charge in [-0.05, 0) is 18.2 Å². The van der Waals surface area contributed by atoms with E-state index in [1.165, 1.54) is 0 Å². The van der Waals surface area contributed by atoms with E-state index < -0.39 is 0 Å². The highest BCUT2D eigenvalue weighted by Gasteiger charge is 2.23. The van der Waals surface area contributed by atoms with Gasteiger partial charge in [0.25, 0.3) is 0 Å². The lowest BCUT2D eigenvalue weighted by atomic mass is 10.1. The minimum Gasteiger partial charge on any atom is -0.453 e. The molecule has 1 saturated heterocycles. The van der Waals surface area contributed by atoms with Crippen LogP contribution >= 0.6 is 0 Å². The maximum atomic E-state index is 6.00. The molecule has 0 aliphatic carbocycles. The van der Waals surface area contributed by atoms with E-state index in [1.807, 2.05) is 24.3 Å². The highest BCUT2D eigenvalue weighted by Crippen LogP contribution is 2.37. The number of fused-ring (bicyclic) bond motifs is 2. The number of piperazine rings is 1. The van der Waals surface area contributed by atoms with Crippen LogP contribution in [0.1, 0.15) is 5.56 Å². The van der Waals surface area contributed by atoms with Gasteiger partial charge in [0.1, 0.15) is 17.3 Å². The standard InChI is InChI=1S/C16H16N4O/c1-2-4-14-12(3-1)16(20-9-7-17-8-10-20)19-13-5-6-18-11-15(13)21-14/h1-6,11,17H,7-10H2. The molecule has 5 heteroatoms. The number of ether oxygens (including phenoxy) is 1. The zero-order chi connectivity index (χ0) is 14.1. The molecule has 106 valence electrons. The molecule has 5 nitrogen and oxygen atoms in total. The molecule has 4 rings (SSSR count). The van der Waals surface area contributed by atoms with Gasteiger partial charge < -0.3 is 15.0 Å². The van der Waals surface area contributed by atoms with Crippen LogP contribution in [0, 0.1) is 0 Å². The molecule has 0 unspecified atom stereocenters. The molecular weight excluding hydrogens is 264 g/mol. The molecule has 0 radical (unpaired) electrons. The van der Waals surface area contributed by atoms with E-state index in [2.05, 4.69) is 21.3 Å². The fraction of sp³-hybridized carbons (Fsp3) is 0.250. The van der Waals surface area contributed by atoms with Gasteiger partial charge in [-0.25, -0.2) is 4.99 Å². The van der Waals surface area contributed by atoms with Crippen LogP contribution in [0.3, 0.4) is 0 Å². The number of para-hydroxylation sites is 1. The van der Waals surface area contributed by atoms with E-state index in [9.17, 15) is 0 Å². The lowest BCUT2D eigenvalue weighted by Gasteiger charge is -2.30. The summed E-state index contributed by atoms with van der Waals surface area (Å²) in [6.07, 6.45) is 3.47. The molecule has 1 aromatic heterocycles. The summed E-state index contributed by atoms with van der Waals surface area (Å²) >= 11 is 0. The van der Waals surface area contributed by atoms with Gasteiger partial charge in [0, 0.05) is 32.4 Å². The smallest absolute Gasteiger partial charge is 0.171 e. The second-order valence-electron chi connectivity index (χ2n) is 5.11. The normalized spacial score (nSPS) is 17.1. The zero-order valence-corrected chi connectivity index (χ0v) is 11.6. The molecule has 3 heterocycles. The Morgan fingerprint density at radius 1 is 1.05 bits per heavy atom. The Morgan fingerprint density at radius 3 is 2.81 bits per heavy atom. The number of benzene rings is 1. The Bertz CT molecular complexity index is 692. The molecule has 21 heavy (non-hydrogen) atoms. The summed E-state index contributed by atoms with van der Waals surface area (Å²) in [4.78, 5) is 11.3. The van der Waals surface area contributed by atoms with Gasteiger partial charge in [-0.2, -0.15) is 0 Å². The summed E-state index contributed by atoms with van der Waals surface area (Å²) in [5.41, 5.74) is 1.87. The van der Waals surface area contributed by atoms with Crippen LogP contribution in [-0.2, 0) is 0 Å². The molecule has 0 saturated carbocycles. The van der Waals surface area contributed by atoms with Gasteiger partial charge in [-0.3, -0.25) is 4.98 Å². The lowest BCUT2D eigenvalue weighted by Crippen LogP contribution is -2.46. The fourth-order valence-corrected chi connectivity index (χ4v) is 2.69. The van der Waals surface area contributed by atoms with Gasteiger partial charge in [0.2, 0.25) is 0 Å². The molecule has 0 bridgehead atoms. The van der Waals surface area contributed by atoms with Crippen LogP contribution in [0.5, 0.6) is 11.5 Å². The predicted octanol–water partition coefficient (Wildman–Crippen LogP) is 2.17. The number of aliphatic imine (C=N–C) groups is 1.